The van der Waals surface area contributed by atoms with Crippen LogP contribution in [0.5, 0.6) is 0 Å². The van der Waals surface area contributed by atoms with E-state index in [-0.39, 0.29) is 11.1 Å². The third-order valence-corrected chi connectivity index (χ3v) is 2.36. The maximum Gasteiger partial charge on any atom is 0.339 e. The summed E-state index contributed by atoms with van der Waals surface area (Å²) in [7, 11) is 0. The van der Waals surface area contributed by atoms with Crippen LogP contribution in [0.3, 0.4) is 0 Å². The highest BCUT2D eigenvalue weighted by atomic mass is 16.5. The molecule has 0 aromatic heterocycles. The van der Waals surface area contributed by atoms with E-state index in [1.165, 1.54) is 12.1 Å². The molecule has 0 heterocycles. The first-order valence-corrected chi connectivity index (χ1v) is 5.57. The van der Waals surface area contributed by atoms with Gasteiger partial charge in [-0.3, -0.25) is 0 Å². The summed E-state index contributed by atoms with van der Waals surface area (Å²) in [6.07, 6.45) is 1.70. The van der Waals surface area contributed by atoms with Gasteiger partial charge in [0.05, 0.1) is 17.7 Å². The second-order valence-corrected chi connectivity index (χ2v) is 3.84. The van der Waals surface area contributed by atoms with E-state index < -0.39 is 11.9 Å². The van der Waals surface area contributed by atoms with Gasteiger partial charge >= 0.3 is 11.9 Å². The lowest BCUT2D eigenvalue weighted by atomic mass is 10.0. The molecule has 0 radical (unpaired) electrons. The van der Waals surface area contributed by atoms with E-state index >= 15 is 0 Å². The van der Waals surface area contributed by atoms with Gasteiger partial charge in [-0.05, 0) is 25.5 Å². The van der Waals surface area contributed by atoms with Crippen LogP contribution in [0.2, 0.25) is 0 Å². The standard InChI is InChI=1S/C13H16O4/c1-3-4-7-17-13(16)11-8-9(2)5-6-10(11)12(14)15/h5-6,8H,3-4,7H2,1-2H3,(H,14,15). The van der Waals surface area contributed by atoms with Gasteiger partial charge < -0.3 is 9.84 Å². The Bertz CT molecular complexity index is 423. The van der Waals surface area contributed by atoms with E-state index in [4.69, 9.17) is 9.84 Å². The van der Waals surface area contributed by atoms with Gasteiger partial charge in [0.1, 0.15) is 0 Å². The van der Waals surface area contributed by atoms with Crippen molar-refractivity contribution in [2.75, 3.05) is 6.61 Å². The number of carbonyl (C=O) groups excluding carboxylic acids is 1. The van der Waals surface area contributed by atoms with Crippen LogP contribution < -0.4 is 0 Å². The molecule has 0 atom stereocenters. The van der Waals surface area contributed by atoms with Crippen molar-refractivity contribution >= 4 is 11.9 Å². The van der Waals surface area contributed by atoms with Gasteiger partial charge in [0.2, 0.25) is 0 Å². The molecule has 4 heteroatoms. The first-order valence-electron chi connectivity index (χ1n) is 5.57. The number of carboxylic acids is 1. The number of hydrogen-bond donors (Lipinski definition) is 1. The second kappa shape index (κ2) is 6.03. The Morgan fingerprint density at radius 3 is 2.59 bits per heavy atom. The number of esters is 1. The lowest BCUT2D eigenvalue weighted by Gasteiger charge is -2.07. The molecule has 92 valence electrons. The third kappa shape index (κ3) is 3.59. The fourth-order valence-electron chi connectivity index (χ4n) is 1.40. The zero-order chi connectivity index (χ0) is 12.8. The number of carboxylic acid groups (broad SMARTS) is 1. The first kappa shape index (κ1) is 13.2. The highest BCUT2D eigenvalue weighted by Crippen LogP contribution is 2.13. The molecule has 0 aliphatic rings. The minimum atomic E-state index is -1.12. The highest BCUT2D eigenvalue weighted by molar-refractivity contribution is 6.02. The van der Waals surface area contributed by atoms with Crippen molar-refractivity contribution in [2.24, 2.45) is 0 Å². The van der Waals surface area contributed by atoms with E-state index in [2.05, 4.69) is 0 Å². The highest BCUT2D eigenvalue weighted by Gasteiger charge is 2.17. The van der Waals surface area contributed by atoms with Crippen LogP contribution in [0.15, 0.2) is 18.2 Å². The van der Waals surface area contributed by atoms with Crippen molar-refractivity contribution < 1.29 is 19.4 Å². The lowest BCUT2D eigenvalue weighted by Crippen LogP contribution is -2.12. The molecule has 17 heavy (non-hydrogen) atoms. The van der Waals surface area contributed by atoms with Gasteiger partial charge in [-0.15, -0.1) is 0 Å². The minimum Gasteiger partial charge on any atom is -0.478 e. The average Bonchev–Trinajstić information content (AvgIpc) is 2.28. The minimum absolute atomic E-state index is 0.0166. The first-order chi connectivity index (χ1) is 8.06. The van der Waals surface area contributed by atoms with Crippen LogP contribution in [0.4, 0.5) is 0 Å². The van der Waals surface area contributed by atoms with Crippen molar-refractivity contribution in [2.45, 2.75) is 26.7 Å². The third-order valence-electron chi connectivity index (χ3n) is 2.36. The van der Waals surface area contributed by atoms with Crippen molar-refractivity contribution in [3.8, 4) is 0 Å². The second-order valence-electron chi connectivity index (χ2n) is 3.84. The Balaban J connectivity index is 2.90. The maximum atomic E-state index is 11.7. The van der Waals surface area contributed by atoms with Crippen molar-refractivity contribution in [1.82, 2.24) is 0 Å². The van der Waals surface area contributed by atoms with E-state index in [0.717, 1.165) is 18.4 Å². The molecule has 0 fully saturated rings. The summed E-state index contributed by atoms with van der Waals surface area (Å²) >= 11 is 0. The average molecular weight is 236 g/mol. The predicted molar refractivity (Wildman–Crippen MR) is 63.3 cm³/mol. The molecule has 0 unspecified atom stereocenters. The van der Waals surface area contributed by atoms with Crippen molar-refractivity contribution in [3.63, 3.8) is 0 Å². The molecule has 0 aliphatic carbocycles. The van der Waals surface area contributed by atoms with Crippen LogP contribution in [0.1, 0.15) is 46.0 Å². The summed E-state index contributed by atoms with van der Waals surface area (Å²) in [4.78, 5) is 22.7. The van der Waals surface area contributed by atoms with Gasteiger partial charge in [0, 0.05) is 0 Å². The largest absolute Gasteiger partial charge is 0.478 e. The Morgan fingerprint density at radius 1 is 1.29 bits per heavy atom. The SMILES string of the molecule is CCCCOC(=O)c1cc(C)ccc1C(=O)O. The van der Waals surface area contributed by atoms with Crippen molar-refractivity contribution in [1.29, 1.82) is 0 Å². The smallest absolute Gasteiger partial charge is 0.339 e. The number of hydrogen-bond acceptors (Lipinski definition) is 3. The number of ether oxygens (including phenoxy) is 1. The van der Waals surface area contributed by atoms with Crippen molar-refractivity contribution in [3.05, 3.63) is 34.9 Å². The fourth-order valence-corrected chi connectivity index (χ4v) is 1.40. The molecule has 0 spiro atoms. The quantitative estimate of drug-likeness (QED) is 0.630. The summed E-state index contributed by atoms with van der Waals surface area (Å²) in [5.74, 6) is -1.69. The Kier molecular flexibility index (Phi) is 4.69. The van der Waals surface area contributed by atoms with E-state index in [1.54, 1.807) is 13.0 Å². The molecular weight excluding hydrogens is 220 g/mol. The molecule has 0 bridgehead atoms. The number of rotatable bonds is 5. The number of aryl methyl sites for hydroxylation is 1. The zero-order valence-electron chi connectivity index (χ0n) is 10.0. The number of aromatic carboxylic acids is 1. The van der Waals surface area contributed by atoms with Gasteiger partial charge in [0.15, 0.2) is 0 Å². The topological polar surface area (TPSA) is 63.6 Å². The van der Waals surface area contributed by atoms with Gasteiger partial charge in [-0.2, -0.15) is 0 Å². The van der Waals surface area contributed by atoms with Gasteiger partial charge in [-0.1, -0.05) is 25.0 Å². The van der Waals surface area contributed by atoms with Gasteiger partial charge in [-0.25, -0.2) is 9.59 Å². The predicted octanol–water partition coefficient (Wildman–Crippen LogP) is 2.65. The maximum absolute atomic E-state index is 11.7. The molecule has 0 amide bonds. The number of benzene rings is 1. The molecule has 1 aromatic rings. The van der Waals surface area contributed by atoms with Crippen LogP contribution >= 0.6 is 0 Å². The zero-order valence-corrected chi connectivity index (χ0v) is 10.0. The van der Waals surface area contributed by atoms with E-state index in [9.17, 15) is 9.59 Å². The van der Waals surface area contributed by atoms with E-state index in [1.807, 2.05) is 6.92 Å². The molecule has 1 aromatic carbocycles. The molecule has 4 nitrogen and oxygen atoms in total. The number of carbonyl (C=O) groups is 2. The lowest BCUT2D eigenvalue weighted by molar-refractivity contribution is 0.0489. The molecule has 0 saturated heterocycles. The molecule has 0 aliphatic heterocycles. The van der Waals surface area contributed by atoms with Crippen LogP contribution in [-0.4, -0.2) is 23.7 Å². The van der Waals surface area contributed by atoms with E-state index in [0.29, 0.717) is 6.61 Å². The molecule has 0 saturated carbocycles. The summed E-state index contributed by atoms with van der Waals surface area (Å²) < 4.78 is 5.01. The fraction of sp³-hybridized carbons (Fsp3) is 0.385. The van der Waals surface area contributed by atoms with Crippen LogP contribution in [0.25, 0.3) is 0 Å². The molecule has 1 N–H and O–H groups in total. The summed E-state index contributed by atoms with van der Waals surface area (Å²) in [6.45, 7) is 4.11. The Hall–Kier alpha value is -1.84. The Morgan fingerprint density at radius 2 is 2.00 bits per heavy atom. The van der Waals surface area contributed by atoms with Gasteiger partial charge in [0.25, 0.3) is 0 Å². The monoisotopic (exact) mass is 236 g/mol. The van der Waals surface area contributed by atoms with Crippen LogP contribution in [0, 0.1) is 6.92 Å². The Labute approximate surface area is 100 Å². The molecular formula is C13H16O4. The number of unbranched alkanes of at least 4 members (excludes halogenated alkanes) is 1. The normalized spacial score (nSPS) is 10.0. The molecule has 1 rings (SSSR count). The summed E-state index contributed by atoms with van der Waals surface area (Å²) in [5, 5.41) is 8.97. The summed E-state index contributed by atoms with van der Waals surface area (Å²) in [6, 6.07) is 4.62. The summed E-state index contributed by atoms with van der Waals surface area (Å²) in [5.41, 5.74) is 0.933. The van der Waals surface area contributed by atoms with Crippen LogP contribution in [-0.2, 0) is 4.74 Å².